The summed E-state index contributed by atoms with van der Waals surface area (Å²) in [6.07, 6.45) is 2.70. The fraction of sp³-hybridized carbons (Fsp3) is 0.346. The van der Waals surface area contributed by atoms with Gasteiger partial charge in [0.1, 0.15) is 24.8 Å². The minimum absolute atomic E-state index is 0.101. The van der Waals surface area contributed by atoms with E-state index in [1.807, 2.05) is 19.1 Å². The number of aliphatic hydroxyl groups excluding tert-OH is 1. The van der Waals surface area contributed by atoms with E-state index >= 15 is 0 Å². The molecule has 0 saturated heterocycles. The first kappa shape index (κ1) is 23.6. The molecular weight excluding hydrogens is 406 g/mol. The van der Waals surface area contributed by atoms with Crippen LogP contribution in [-0.4, -0.2) is 42.2 Å². The van der Waals surface area contributed by atoms with Crippen LogP contribution in [0.3, 0.4) is 0 Å². The average Bonchev–Trinajstić information content (AvgIpc) is 3.32. The Morgan fingerprint density at radius 1 is 1.00 bits per heavy atom. The molecule has 0 aliphatic rings. The number of rotatable bonds is 13. The predicted octanol–water partition coefficient (Wildman–Crippen LogP) is 4.50. The van der Waals surface area contributed by atoms with Gasteiger partial charge in [0, 0.05) is 18.7 Å². The summed E-state index contributed by atoms with van der Waals surface area (Å²) >= 11 is 0. The molecule has 0 fully saturated rings. The zero-order chi connectivity index (χ0) is 22.8. The Morgan fingerprint density at radius 2 is 1.78 bits per heavy atom. The van der Waals surface area contributed by atoms with Gasteiger partial charge in [-0.25, -0.2) is 0 Å². The van der Waals surface area contributed by atoms with Crippen molar-refractivity contribution in [2.24, 2.45) is 0 Å². The fourth-order valence-corrected chi connectivity index (χ4v) is 3.47. The van der Waals surface area contributed by atoms with Gasteiger partial charge >= 0.3 is 0 Å². The molecule has 0 aliphatic carbocycles. The molecule has 1 N–H and O–H groups in total. The number of aldehydes is 1. The summed E-state index contributed by atoms with van der Waals surface area (Å²) in [5.74, 6) is 1.84. The Hall–Kier alpha value is -3.09. The van der Waals surface area contributed by atoms with Crippen molar-refractivity contribution in [1.82, 2.24) is 4.90 Å². The van der Waals surface area contributed by atoms with E-state index in [0.29, 0.717) is 43.3 Å². The molecule has 0 bridgehead atoms. The van der Waals surface area contributed by atoms with Crippen LogP contribution in [0.1, 0.15) is 41.1 Å². The summed E-state index contributed by atoms with van der Waals surface area (Å²) in [6.45, 7) is 6.23. The standard InChI is InChI=1S/C26H31NO5/c1-3-20-7-9-21(10-8-20)15-27(17-24-6-5-13-31-24)16-23(29)19-32-25-12-11-22(18-28)14-26(25)30-4-2/h5-14,18,23,29H,3-4,15-17,19H2,1-2H3. The van der Waals surface area contributed by atoms with Gasteiger partial charge in [0.25, 0.3) is 0 Å². The normalized spacial score (nSPS) is 12.0. The largest absolute Gasteiger partial charge is 0.490 e. The van der Waals surface area contributed by atoms with Crippen LogP contribution >= 0.6 is 0 Å². The summed E-state index contributed by atoms with van der Waals surface area (Å²) < 4.78 is 16.9. The fourth-order valence-electron chi connectivity index (χ4n) is 3.47. The zero-order valence-corrected chi connectivity index (χ0v) is 18.7. The number of benzene rings is 2. The van der Waals surface area contributed by atoms with E-state index in [1.165, 1.54) is 11.1 Å². The minimum atomic E-state index is -0.722. The van der Waals surface area contributed by atoms with Crippen molar-refractivity contribution in [3.63, 3.8) is 0 Å². The molecule has 0 amide bonds. The van der Waals surface area contributed by atoms with E-state index in [1.54, 1.807) is 24.5 Å². The zero-order valence-electron chi connectivity index (χ0n) is 18.7. The molecular formula is C26H31NO5. The van der Waals surface area contributed by atoms with Crippen molar-refractivity contribution in [3.05, 3.63) is 83.3 Å². The lowest BCUT2D eigenvalue weighted by Crippen LogP contribution is -2.35. The number of carbonyl (C=O) groups is 1. The van der Waals surface area contributed by atoms with E-state index in [9.17, 15) is 9.90 Å². The van der Waals surface area contributed by atoms with E-state index < -0.39 is 6.10 Å². The topological polar surface area (TPSA) is 72.1 Å². The maximum absolute atomic E-state index is 11.0. The van der Waals surface area contributed by atoms with Crippen LogP contribution in [0.15, 0.2) is 65.3 Å². The highest BCUT2D eigenvalue weighted by atomic mass is 16.5. The Labute approximate surface area is 189 Å². The van der Waals surface area contributed by atoms with Gasteiger partial charge in [-0.2, -0.15) is 0 Å². The lowest BCUT2D eigenvalue weighted by molar-refractivity contribution is 0.0593. The molecule has 1 aromatic heterocycles. The molecule has 170 valence electrons. The summed E-state index contributed by atoms with van der Waals surface area (Å²) in [5.41, 5.74) is 2.98. The SMILES string of the molecule is CCOc1cc(C=O)ccc1OCC(O)CN(Cc1ccc(CC)cc1)Cc1ccco1. The van der Waals surface area contributed by atoms with Crippen LogP contribution in [0.2, 0.25) is 0 Å². The van der Waals surface area contributed by atoms with E-state index in [4.69, 9.17) is 13.9 Å². The second-order valence-electron chi connectivity index (χ2n) is 7.64. The molecule has 6 heteroatoms. The molecule has 0 saturated carbocycles. The Bertz CT molecular complexity index is 953. The molecule has 0 radical (unpaired) electrons. The van der Waals surface area contributed by atoms with Crippen LogP contribution < -0.4 is 9.47 Å². The quantitative estimate of drug-likeness (QED) is 0.397. The molecule has 3 rings (SSSR count). The summed E-state index contributed by atoms with van der Waals surface area (Å²) in [6, 6.07) is 17.3. The molecule has 1 atom stereocenters. The van der Waals surface area contributed by atoms with Crippen LogP contribution in [0.5, 0.6) is 11.5 Å². The van der Waals surface area contributed by atoms with E-state index in [2.05, 4.69) is 36.1 Å². The van der Waals surface area contributed by atoms with Crippen LogP contribution in [0.25, 0.3) is 0 Å². The molecule has 1 unspecified atom stereocenters. The third kappa shape index (κ3) is 6.97. The number of hydrogen-bond donors (Lipinski definition) is 1. The first-order chi connectivity index (χ1) is 15.6. The summed E-state index contributed by atoms with van der Waals surface area (Å²) in [5, 5.41) is 10.7. The molecule has 0 spiro atoms. The summed E-state index contributed by atoms with van der Waals surface area (Å²) in [4.78, 5) is 13.2. The molecule has 6 nitrogen and oxygen atoms in total. The first-order valence-electron chi connectivity index (χ1n) is 11.0. The van der Waals surface area contributed by atoms with Gasteiger partial charge in [-0.3, -0.25) is 9.69 Å². The molecule has 1 heterocycles. The molecule has 0 aliphatic heterocycles. The van der Waals surface area contributed by atoms with Crippen molar-refractivity contribution in [3.8, 4) is 11.5 Å². The van der Waals surface area contributed by atoms with Gasteiger partial charge in [0.05, 0.1) is 19.4 Å². The third-order valence-corrected chi connectivity index (χ3v) is 5.10. The van der Waals surface area contributed by atoms with Crippen molar-refractivity contribution >= 4 is 6.29 Å². The highest BCUT2D eigenvalue weighted by molar-refractivity contribution is 5.76. The summed E-state index contributed by atoms with van der Waals surface area (Å²) in [7, 11) is 0. The second-order valence-corrected chi connectivity index (χ2v) is 7.64. The van der Waals surface area contributed by atoms with E-state index in [-0.39, 0.29) is 6.61 Å². The number of carbonyl (C=O) groups excluding carboxylic acids is 1. The van der Waals surface area contributed by atoms with Gasteiger partial charge in [0.2, 0.25) is 0 Å². The van der Waals surface area contributed by atoms with Gasteiger partial charge < -0.3 is 19.0 Å². The van der Waals surface area contributed by atoms with Crippen molar-refractivity contribution < 1.29 is 23.8 Å². The lowest BCUT2D eigenvalue weighted by Gasteiger charge is -2.25. The number of ether oxygens (including phenoxy) is 2. The Morgan fingerprint density at radius 3 is 2.44 bits per heavy atom. The number of hydrogen-bond acceptors (Lipinski definition) is 6. The highest BCUT2D eigenvalue weighted by Crippen LogP contribution is 2.28. The second kappa shape index (κ2) is 12.1. The molecule has 32 heavy (non-hydrogen) atoms. The van der Waals surface area contributed by atoms with Crippen molar-refractivity contribution in [1.29, 1.82) is 0 Å². The monoisotopic (exact) mass is 437 g/mol. The number of furan rings is 1. The van der Waals surface area contributed by atoms with Gasteiger partial charge in [0.15, 0.2) is 11.5 Å². The first-order valence-corrected chi connectivity index (χ1v) is 11.0. The predicted molar refractivity (Wildman–Crippen MR) is 123 cm³/mol. The lowest BCUT2D eigenvalue weighted by atomic mass is 10.1. The average molecular weight is 438 g/mol. The van der Waals surface area contributed by atoms with E-state index in [0.717, 1.165) is 18.5 Å². The van der Waals surface area contributed by atoms with Crippen LogP contribution in [0.4, 0.5) is 0 Å². The van der Waals surface area contributed by atoms with Crippen LogP contribution in [-0.2, 0) is 19.5 Å². The Kier molecular flexibility index (Phi) is 8.90. The smallest absolute Gasteiger partial charge is 0.161 e. The number of aryl methyl sites for hydroxylation is 1. The molecule has 2 aromatic carbocycles. The van der Waals surface area contributed by atoms with Crippen molar-refractivity contribution in [2.45, 2.75) is 39.5 Å². The van der Waals surface area contributed by atoms with Gasteiger partial charge in [-0.05, 0) is 54.8 Å². The maximum Gasteiger partial charge on any atom is 0.161 e. The van der Waals surface area contributed by atoms with Crippen molar-refractivity contribution in [2.75, 3.05) is 19.8 Å². The Balaban J connectivity index is 1.63. The highest BCUT2D eigenvalue weighted by Gasteiger charge is 2.16. The third-order valence-electron chi connectivity index (χ3n) is 5.10. The minimum Gasteiger partial charge on any atom is -0.490 e. The van der Waals surface area contributed by atoms with Crippen LogP contribution in [0, 0.1) is 0 Å². The molecule has 3 aromatic rings. The maximum atomic E-state index is 11.0. The van der Waals surface area contributed by atoms with Gasteiger partial charge in [-0.15, -0.1) is 0 Å². The van der Waals surface area contributed by atoms with Gasteiger partial charge in [-0.1, -0.05) is 31.2 Å². The number of aliphatic hydroxyl groups is 1. The number of nitrogens with zero attached hydrogens (tertiary/aromatic N) is 1.